The van der Waals surface area contributed by atoms with E-state index in [2.05, 4.69) is 22.6 Å². The van der Waals surface area contributed by atoms with Crippen LogP contribution in [0.15, 0.2) is 11.6 Å². The Morgan fingerprint density at radius 3 is 2.43 bits per heavy atom. The molecule has 4 bridgehead atoms. The van der Waals surface area contributed by atoms with Crippen molar-refractivity contribution < 1.29 is 0 Å². The normalized spacial score (nSPS) is 38.8. The lowest BCUT2D eigenvalue weighted by atomic mass is 9.47. The van der Waals surface area contributed by atoms with Crippen molar-refractivity contribution in [2.45, 2.75) is 64.3 Å². The first-order valence-corrected chi connectivity index (χ1v) is 9.77. The van der Waals surface area contributed by atoms with Gasteiger partial charge in [-0.3, -0.25) is 0 Å². The van der Waals surface area contributed by atoms with Crippen LogP contribution in [0.25, 0.3) is 0 Å². The molecule has 4 saturated carbocycles. The molecule has 0 saturated heterocycles. The van der Waals surface area contributed by atoms with Gasteiger partial charge in [0.05, 0.1) is 5.01 Å². The summed E-state index contributed by atoms with van der Waals surface area (Å²) in [4.78, 5) is 4.57. The van der Waals surface area contributed by atoms with Gasteiger partial charge in [0.25, 0.3) is 0 Å². The maximum Gasteiger partial charge on any atom is 0.0940 e. The van der Waals surface area contributed by atoms with Crippen LogP contribution in [0, 0.1) is 23.2 Å². The van der Waals surface area contributed by atoms with E-state index in [1.807, 2.05) is 17.5 Å². The first kappa shape index (κ1) is 14.2. The number of hydrogen-bond acceptors (Lipinski definition) is 3. The second-order valence-corrected chi connectivity index (χ2v) is 8.90. The lowest BCUT2D eigenvalue weighted by Gasteiger charge is -2.59. The van der Waals surface area contributed by atoms with Crippen LogP contribution < -0.4 is 5.32 Å². The molecule has 1 atom stereocenters. The minimum atomic E-state index is 0.593. The Labute approximate surface area is 132 Å². The lowest BCUT2D eigenvalue weighted by Crippen LogP contribution is -2.56. The van der Waals surface area contributed by atoms with Crippen LogP contribution in [0.2, 0.25) is 0 Å². The van der Waals surface area contributed by atoms with E-state index in [-0.39, 0.29) is 0 Å². The molecule has 1 heterocycles. The van der Waals surface area contributed by atoms with Crippen LogP contribution in [0.5, 0.6) is 0 Å². The van der Waals surface area contributed by atoms with Crippen LogP contribution in [0.1, 0.15) is 56.9 Å². The van der Waals surface area contributed by atoms with Gasteiger partial charge < -0.3 is 5.32 Å². The number of nitrogens with zero attached hydrogens (tertiary/aromatic N) is 1. The fourth-order valence-corrected chi connectivity index (χ4v) is 6.62. The fraction of sp³-hybridized carbons (Fsp3) is 0.833. The van der Waals surface area contributed by atoms with Crippen molar-refractivity contribution in [3.05, 3.63) is 16.6 Å². The fourth-order valence-electron chi connectivity index (χ4n) is 5.96. The van der Waals surface area contributed by atoms with E-state index < -0.39 is 0 Å². The minimum Gasteiger partial charge on any atom is -0.313 e. The van der Waals surface area contributed by atoms with E-state index in [1.54, 1.807) is 0 Å². The Morgan fingerprint density at radius 2 is 1.90 bits per heavy atom. The summed E-state index contributed by atoms with van der Waals surface area (Å²) in [6.45, 7) is 3.45. The molecule has 4 aliphatic rings. The lowest BCUT2D eigenvalue weighted by molar-refractivity contribution is -0.0736. The number of thiazole rings is 1. The van der Waals surface area contributed by atoms with E-state index in [4.69, 9.17) is 0 Å². The van der Waals surface area contributed by atoms with Crippen molar-refractivity contribution in [2.24, 2.45) is 23.2 Å². The number of aromatic nitrogens is 1. The Morgan fingerprint density at radius 1 is 1.24 bits per heavy atom. The Bertz CT molecular complexity index is 432. The summed E-state index contributed by atoms with van der Waals surface area (Å²) in [6, 6.07) is 0.664. The average molecular weight is 305 g/mol. The molecule has 2 nitrogen and oxygen atoms in total. The first-order chi connectivity index (χ1) is 10.3. The minimum absolute atomic E-state index is 0.593. The highest BCUT2D eigenvalue weighted by Gasteiger charge is 2.53. The van der Waals surface area contributed by atoms with Gasteiger partial charge in [0.2, 0.25) is 0 Å². The third-order valence-corrected chi connectivity index (χ3v) is 7.13. The van der Waals surface area contributed by atoms with Gasteiger partial charge in [-0.25, -0.2) is 4.98 Å². The van der Waals surface area contributed by atoms with Crippen molar-refractivity contribution in [2.75, 3.05) is 6.54 Å². The maximum absolute atomic E-state index is 4.57. The largest absolute Gasteiger partial charge is 0.313 e. The predicted octanol–water partition coefficient (Wildman–Crippen LogP) is 4.27. The van der Waals surface area contributed by atoms with Crippen molar-refractivity contribution in [1.82, 2.24) is 10.3 Å². The smallest absolute Gasteiger partial charge is 0.0940 e. The molecule has 0 aromatic carbocycles. The van der Waals surface area contributed by atoms with Gasteiger partial charge in [-0.05, 0) is 74.7 Å². The Hall–Kier alpha value is -0.410. The van der Waals surface area contributed by atoms with E-state index in [9.17, 15) is 0 Å². The molecule has 1 aromatic heterocycles. The van der Waals surface area contributed by atoms with Gasteiger partial charge in [-0.2, -0.15) is 0 Å². The highest BCUT2D eigenvalue weighted by Crippen LogP contribution is 2.61. The van der Waals surface area contributed by atoms with Crippen LogP contribution in [0.4, 0.5) is 0 Å². The van der Waals surface area contributed by atoms with Gasteiger partial charge in [0, 0.05) is 24.0 Å². The molecule has 116 valence electrons. The number of hydrogen-bond donors (Lipinski definition) is 1. The third-order valence-electron chi connectivity index (χ3n) is 6.33. The van der Waals surface area contributed by atoms with Gasteiger partial charge >= 0.3 is 0 Å². The van der Waals surface area contributed by atoms with E-state index in [0.717, 1.165) is 30.7 Å². The summed E-state index contributed by atoms with van der Waals surface area (Å²) in [5.41, 5.74) is 0.593. The zero-order valence-corrected chi connectivity index (χ0v) is 14.0. The van der Waals surface area contributed by atoms with Crippen molar-refractivity contribution in [1.29, 1.82) is 0 Å². The van der Waals surface area contributed by atoms with Gasteiger partial charge in [0.1, 0.15) is 0 Å². The summed E-state index contributed by atoms with van der Waals surface area (Å²) in [5, 5.41) is 7.39. The molecule has 1 aromatic rings. The molecule has 21 heavy (non-hydrogen) atoms. The highest BCUT2D eigenvalue weighted by molar-refractivity contribution is 7.09. The first-order valence-electron chi connectivity index (χ1n) is 8.89. The monoisotopic (exact) mass is 304 g/mol. The predicted molar refractivity (Wildman–Crippen MR) is 88.5 cm³/mol. The summed E-state index contributed by atoms with van der Waals surface area (Å²) in [7, 11) is 0. The zero-order chi connectivity index (χ0) is 14.3. The molecular weight excluding hydrogens is 276 g/mol. The molecule has 0 aliphatic heterocycles. The summed E-state index contributed by atoms with van der Waals surface area (Å²) in [5.74, 6) is 3.12. The topological polar surface area (TPSA) is 24.9 Å². The molecular formula is C18H28N2S. The van der Waals surface area contributed by atoms with Crippen LogP contribution in [0.3, 0.4) is 0 Å². The summed E-state index contributed by atoms with van der Waals surface area (Å²) in [6.07, 6.45) is 13.5. The highest BCUT2D eigenvalue weighted by atomic mass is 32.1. The SMILES string of the molecule is CCCNC(Cc1nccs1)C12CC3CC(CC(C3)C1)C2. The Balaban J connectivity index is 1.56. The molecule has 4 aliphatic carbocycles. The van der Waals surface area contributed by atoms with Crippen LogP contribution in [-0.2, 0) is 6.42 Å². The molecule has 0 radical (unpaired) electrons. The summed E-state index contributed by atoms with van der Waals surface area (Å²) < 4.78 is 0. The molecule has 0 amide bonds. The standard InChI is InChI=1S/C18H28N2S/c1-2-3-19-16(9-17-20-4-5-21-17)18-10-13-6-14(11-18)8-15(7-13)12-18/h4-5,13-16,19H,2-3,6-12H2,1H3. The zero-order valence-electron chi connectivity index (χ0n) is 13.2. The van der Waals surface area contributed by atoms with Crippen molar-refractivity contribution in [3.8, 4) is 0 Å². The number of rotatable bonds is 6. The molecule has 5 rings (SSSR count). The molecule has 1 N–H and O–H groups in total. The summed E-state index contributed by atoms with van der Waals surface area (Å²) >= 11 is 1.84. The molecule has 0 spiro atoms. The quantitative estimate of drug-likeness (QED) is 0.849. The van der Waals surface area contributed by atoms with E-state index in [0.29, 0.717) is 11.5 Å². The van der Waals surface area contributed by atoms with Crippen LogP contribution >= 0.6 is 11.3 Å². The molecule has 4 fully saturated rings. The maximum atomic E-state index is 4.57. The van der Waals surface area contributed by atoms with Crippen molar-refractivity contribution >= 4 is 11.3 Å². The Kier molecular flexibility index (Phi) is 3.83. The molecule has 1 unspecified atom stereocenters. The molecule has 3 heteroatoms. The van der Waals surface area contributed by atoms with Gasteiger partial charge in [-0.15, -0.1) is 11.3 Å². The average Bonchev–Trinajstić information content (AvgIpc) is 2.94. The second kappa shape index (κ2) is 5.66. The second-order valence-electron chi connectivity index (χ2n) is 7.92. The van der Waals surface area contributed by atoms with Gasteiger partial charge in [-0.1, -0.05) is 6.92 Å². The van der Waals surface area contributed by atoms with Gasteiger partial charge in [0.15, 0.2) is 0 Å². The van der Waals surface area contributed by atoms with Crippen molar-refractivity contribution in [3.63, 3.8) is 0 Å². The van der Waals surface area contributed by atoms with E-state index in [1.165, 1.54) is 50.0 Å². The van der Waals surface area contributed by atoms with Crippen LogP contribution in [-0.4, -0.2) is 17.6 Å². The number of nitrogens with one attached hydrogen (secondary N) is 1. The van der Waals surface area contributed by atoms with E-state index >= 15 is 0 Å². The third kappa shape index (κ3) is 2.68.